The highest BCUT2D eigenvalue weighted by Gasteiger charge is 2.31. The molecule has 0 N–H and O–H groups in total. The van der Waals surface area contributed by atoms with Gasteiger partial charge in [0.1, 0.15) is 11.7 Å². The molecule has 1 saturated carbocycles. The first-order valence-corrected chi connectivity index (χ1v) is 8.64. The van der Waals surface area contributed by atoms with Gasteiger partial charge in [-0.15, -0.1) is 0 Å². The summed E-state index contributed by atoms with van der Waals surface area (Å²) < 4.78 is 15.9. The summed E-state index contributed by atoms with van der Waals surface area (Å²) in [5, 5.41) is 3.81. The van der Waals surface area contributed by atoms with E-state index in [4.69, 9.17) is 14.0 Å². The van der Waals surface area contributed by atoms with Crippen molar-refractivity contribution >= 4 is 11.9 Å². The van der Waals surface area contributed by atoms with Crippen molar-refractivity contribution in [2.75, 3.05) is 6.61 Å². The zero-order valence-electron chi connectivity index (χ0n) is 14.2. The van der Waals surface area contributed by atoms with E-state index in [-0.39, 0.29) is 29.7 Å². The van der Waals surface area contributed by atoms with E-state index in [1.807, 2.05) is 18.2 Å². The second-order valence-electron chi connectivity index (χ2n) is 5.99. The van der Waals surface area contributed by atoms with Gasteiger partial charge in [0.25, 0.3) is 0 Å². The molecular formula is C19H21NO5. The van der Waals surface area contributed by atoms with E-state index >= 15 is 0 Å². The second-order valence-corrected chi connectivity index (χ2v) is 5.99. The van der Waals surface area contributed by atoms with Crippen LogP contribution in [0.5, 0.6) is 0 Å². The second kappa shape index (κ2) is 7.96. The molecule has 6 nitrogen and oxygen atoms in total. The third-order valence-electron chi connectivity index (χ3n) is 4.23. The van der Waals surface area contributed by atoms with Gasteiger partial charge in [-0.3, -0.25) is 0 Å². The van der Waals surface area contributed by atoms with Crippen molar-refractivity contribution in [1.29, 1.82) is 0 Å². The van der Waals surface area contributed by atoms with E-state index in [0.717, 1.165) is 32.1 Å². The molecule has 1 aliphatic rings. The molecule has 0 unspecified atom stereocenters. The standard InChI is InChI=1S/C19H21NO5/c1-2-23-18(21)15-16(19(22)24-14-11-7-4-8-12-14)20-25-17(15)13-9-5-3-6-10-13/h3,5-6,9-10,14H,2,4,7-8,11-12H2,1H3. The van der Waals surface area contributed by atoms with Gasteiger partial charge in [-0.2, -0.15) is 0 Å². The minimum atomic E-state index is -0.641. The molecule has 2 aromatic rings. The van der Waals surface area contributed by atoms with Gasteiger partial charge in [-0.05, 0) is 32.6 Å². The van der Waals surface area contributed by atoms with Crippen LogP contribution in [0.3, 0.4) is 0 Å². The quantitative estimate of drug-likeness (QED) is 0.763. The largest absolute Gasteiger partial charge is 0.462 e. The van der Waals surface area contributed by atoms with Gasteiger partial charge in [0.05, 0.1) is 6.61 Å². The maximum absolute atomic E-state index is 12.5. The molecule has 0 saturated heterocycles. The van der Waals surface area contributed by atoms with Crippen LogP contribution in [0.4, 0.5) is 0 Å². The lowest BCUT2D eigenvalue weighted by Crippen LogP contribution is -2.22. The first-order chi connectivity index (χ1) is 12.2. The van der Waals surface area contributed by atoms with Crippen LogP contribution in [0.25, 0.3) is 11.3 Å². The Kier molecular flexibility index (Phi) is 5.48. The first kappa shape index (κ1) is 17.2. The Bertz CT molecular complexity index is 732. The summed E-state index contributed by atoms with van der Waals surface area (Å²) in [5.41, 5.74) is 0.548. The summed E-state index contributed by atoms with van der Waals surface area (Å²) in [4.78, 5) is 24.9. The average molecular weight is 343 g/mol. The Morgan fingerprint density at radius 2 is 1.84 bits per heavy atom. The topological polar surface area (TPSA) is 78.6 Å². The van der Waals surface area contributed by atoms with Crippen molar-refractivity contribution in [2.45, 2.75) is 45.1 Å². The van der Waals surface area contributed by atoms with Gasteiger partial charge in [0, 0.05) is 5.56 Å². The number of hydrogen-bond acceptors (Lipinski definition) is 6. The predicted octanol–water partition coefficient (Wildman–Crippen LogP) is 4.01. The Labute approximate surface area is 146 Å². The van der Waals surface area contributed by atoms with Crippen molar-refractivity contribution in [2.24, 2.45) is 0 Å². The van der Waals surface area contributed by atoms with E-state index in [9.17, 15) is 9.59 Å². The Morgan fingerprint density at radius 1 is 1.12 bits per heavy atom. The molecular weight excluding hydrogens is 322 g/mol. The fourth-order valence-corrected chi connectivity index (χ4v) is 3.00. The fourth-order valence-electron chi connectivity index (χ4n) is 3.00. The minimum absolute atomic E-state index is 0.0221. The molecule has 1 heterocycles. The first-order valence-electron chi connectivity index (χ1n) is 8.64. The highest BCUT2D eigenvalue weighted by Crippen LogP contribution is 2.29. The van der Waals surface area contributed by atoms with Gasteiger partial charge in [0.15, 0.2) is 5.76 Å². The van der Waals surface area contributed by atoms with Gasteiger partial charge >= 0.3 is 11.9 Å². The third kappa shape index (κ3) is 3.90. The van der Waals surface area contributed by atoms with Gasteiger partial charge in [0.2, 0.25) is 5.69 Å². The van der Waals surface area contributed by atoms with E-state index in [0.29, 0.717) is 5.56 Å². The summed E-state index contributed by atoms with van der Waals surface area (Å²) in [6.45, 7) is 1.89. The highest BCUT2D eigenvalue weighted by molar-refractivity contribution is 6.05. The molecule has 3 rings (SSSR count). The Balaban J connectivity index is 1.91. The molecule has 6 heteroatoms. The fraction of sp³-hybridized carbons (Fsp3) is 0.421. The summed E-state index contributed by atoms with van der Waals surface area (Å²) in [7, 11) is 0. The zero-order chi connectivity index (χ0) is 17.6. The highest BCUT2D eigenvalue weighted by atomic mass is 16.6. The number of hydrogen-bond donors (Lipinski definition) is 0. The molecule has 1 aliphatic carbocycles. The molecule has 0 aliphatic heterocycles. The molecule has 132 valence electrons. The molecule has 0 spiro atoms. The van der Waals surface area contributed by atoms with E-state index in [1.54, 1.807) is 19.1 Å². The molecule has 0 amide bonds. The molecule has 0 radical (unpaired) electrons. The van der Waals surface area contributed by atoms with Crippen LogP contribution < -0.4 is 0 Å². The van der Waals surface area contributed by atoms with Crippen LogP contribution in [0.2, 0.25) is 0 Å². The minimum Gasteiger partial charge on any atom is -0.462 e. The number of benzene rings is 1. The van der Waals surface area contributed by atoms with Crippen LogP contribution in [0.1, 0.15) is 59.9 Å². The Hall–Kier alpha value is -2.63. The number of carbonyl (C=O) groups is 2. The van der Waals surface area contributed by atoms with E-state index in [2.05, 4.69) is 5.16 Å². The van der Waals surface area contributed by atoms with E-state index < -0.39 is 11.9 Å². The molecule has 0 bridgehead atoms. The number of aromatic nitrogens is 1. The average Bonchev–Trinajstić information content (AvgIpc) is 3.09. The van der Waals surface area contributed by atoms with Crippen LogP contribution in [0, 0.1) is 0 Å². The monoisotopic (exact) mass is 343 g/mol. The predicted molar refractivity (Wildman–Crippen MR) is 90.2 cm³/mol. The maximum atomic E-state index is 12.5. The van der Waals surface area contributed by atoms with Crippen molar-refractivity contribution in [3.63, 3.8) is 0 Å². The van der Waals surface area contributed by atoms with Crippen molar-refractivity contribution in [3.05, 3.63) is 41.6 Å². The van der Waals surface area contributed by atoms with Gasteiger partial charge in [-0.1, -0.05) is 41.9 Å². The van der Waals surface area contributed by atoms with Crippen LogP contribution in [0.15, 0.2) is 34.9 Å². The number of nitrogens with zero attached hydrogens (tertiary/aromatic N) is 1. The van der Waals surface area contributed by atoms with Crippen molar-refractivity contribution < 1.29 is 23.6 Å². The number of esters is 2. The van der Waals surface area contributed by atoms with Gasteiger partial charge in [-0.25, -0.2) is 9.59 Å². The number of carbonyl (C=O) groups excluding carboxylic acids is 2. The van der Waals surface area contributed by atoms with E-state index in [1.165, 1.54) is 0 Å². The van der Waals surface area contributed by atoms with Gasteiger partial charge < -0.3 is 14.0 Å². The smallest absolute Gasteiger partial charge is 0.361 e. The SMILES string of the molecule is CCOC(=O)c1c(C(=O)OC2CCCCC2)noc1-c1ccccc1. The van der Waals surface area contributed by atoms with Crippen LogP contribution in [-0.4, -0.2) is 29.8 Å². The lowest BCUT2D eigenvalue weighted by atomic mass is 9.98. The summed E-state index contributed by atoms with van der Waals surface area (Å²) in [6, 6.07) is 9.03. The van der Waals surface area contributed by atoms with Crippen molar-refractivity contribution in [1.82, 2.24) is 5.16 Å². The zero-order valence-corrected chi connectivity index (χ0v) is 14.2. The molecule has 1 aromatic carbocycles. The molecule has 1 aromatic heterocycles. The Morgan fingerprint density at radius 3 is 2.52 bits per heavy atom. The number of rotatable bonds is 5. The number of ether oxygens (including phenoxy) is 2. The maximum Gasteiger partial charge on any atom is 0.361 e. The van der Waals surface area contributed by atoms with Crippen LogP contribution in [-0.2, 0) is 9.47 Å². The summed E-state index contributed by atoms with van der Waals surface area (Å²) in [6.07, 6.45) is 4.78. The normalized spacial score (nSPS) is 14.9. The lowest BCUT2D eigenvalue weighted by molar-refractivity contribution is 0.0194. The molecule has 25 heavy (non-hydrogen) atoms. The lowest BCUT2D eigenvalue weighted by Gasteiger charge is -2.21. The molecule has 0 atom stereocenters. The van der Waals surface area contributed by atoms with Crippen LogP contribution >= 0.6 is 0 Å². The summed E-state index contributed by atoms with van der Waals surface area (Å²) >= 11 is 0. The molecule has 1 fully saturated rings. The summed E-state index contributed by atoms with van der Waals surface area (Å²) in [5.74, 6) is -1.06. The van der Waals surface area contributed by atoms with Crippen molar-refractivity contribution in [3.8, 4) is 11.3 Å². The third-order valence-corrected chi connectivity index (χ3v) is 4.23.